The summed E-state index contributed by atoms with van der Waals surface area (Å²) in [6.07, 6.45) is 2.57. The van der Waals surface area contributed by atoms with Crippen LogP contribution in [0.3, 0.4) is 0 Å². The third-order valence-electron chi connectivity index (χ3n) is 4.07. The Hall–Kier alpha value is -2.09. The highest BCUT2D eigenvalue weighted by atomic mass is 16.1. The van der Waals surface area contributed by atoms with Crippen LogP contribution in [0.4, 0.5) is 5.69 Å². The monoisotopic (exact) mass is 265 g/mol. The summed E-state index contributed by atoms with van der Waals surface area (Å²) in [5, 5.41) is 2.99. The number of nitrogens with one attached hydrogen (secondary N) is 1. The number of benzene rings is 2. The summed E-state index contributed by atoms with van der Waals surface area (Å²) in [5.74, 6) is 0.687. The molecule has 1 amide bonds. The zero-order valence-electron chi connectivity index (χ0n) is 11.9. The van der Waals surface area contributed by atoms with Gasteiger partial charge in [0.05, 0.1) is 0 Å². The second kappa shape index (κ2) is 5.12. The van der Waals surface area contributed by atoms with Crippen LogP contribution < -0.4 is 5.32 Å². The average molecular weight is 265 g/mol. The van der Waals surface area contributed by atoms with Crippen LogP contribution in [0.2, 0.25) is 0 Å². The fraction of sp³-hybridized carbons (Fsp3) is 0.278. The number of anilines is 1. The molecule has 0 unspecified atom stereocenters. The van der Waals surface area contributed by atoms with E-state index in [9.17, 15) is 4.79 Å². The number of hydrogen-bond donors (Lipinski definition) is 1. The molecule has 2 aromatic rings. The van der Waals surface area contributed by atoms with E-state index in [4.69, 9.17) is 0 Å². The Bertz CT molecular complexity index is 639. The first kappa shape index (κ1) is 12.9. The fourth-order valence-corrected chi connectivity index (χ4v) is 2.40. The van der Waals surface area contributed by atoms with Gasteiger partial charge in [-0.2, -0.15) is 0 Å². The number of carbonyl (C=O) groups is 1. The maximum absolute atomic E-state index is 12.3. The van der Waals surface area contributed by atoms with Gasteiger partial charge in [0.15, 0.2) is 0 Å². The van der Waals surface area contributed by atoms with E-state index in [1.54, 1.807) is 0 Å². The molecule has 0 aliphatic heterocycles. The van der Waals surface area contributed by atoms with Gasteiger partial charge in [-0.25, -0.2) is 0 Å². The van der Waals surface area contributed by atoms with Gasteiger partial charge in [-0.1, -0.05) is 24.3 Å². The van der Waals surface area contributed by atoms with E-state index in [2.05, 4.69) is 30.4 Å². The van der Waals surface area contributed by atoms with Crippen LogP contribution in [0.25, 0.3) is 0 Å². The van der Waals surface area contributed by atoms with Gasteiger partial charge < -0.3 is 5.32 Å². The first-order chi connectivity index (χ1) is 9.65. The highest BCUT2D eigenvalue weighted by molar-refractivity contribution is 6.04. The highest BCUT2D eigenvalue weighted by Gasteiger charge is 2.23. The molecule has 0 spiro atoms. The molecule has 1 aliphatic carbocycles. The van der Waals surface area contributed by atoms with Crippen LogP contribution in [0.5, 0.6) is 0 Å². The highest BCUT2D eigenvalue weighted by Crippen LogP contribution is 2.39. The lowest BCUT2D eigenvalue weighted by atomic mass is 10.1. The van der Waals surface area contributed by atoms with Gasteiger partial charge in [0.2, 0.25) is 0 Å². The van der Waals surface area contributed by atoms with E-state index >= 15 is 0 Å². The molecule has 1 aliphatic rings. The molecular formula is C18H19NO. The molecule has 1 fully saturated rings. The first-order valence-corrected chi connectivity index (χ1v) is 7.12. The molecule has 102 valence electrons. The zero-order valence-corrected chi connectivity index (χ0v) is 11.9. The number of hydrogen-bond acceptors (Lipinski definition) is 1. The van der Waals surface area contributed by atoms with Crippen molar-refractivity contribution in [3.05, 3.63) is 64.7 Å². The molecule has 0 heterocycles. The molecular weight excluding hydrogens is 246 g/mol. The number of aryl methyl sites for hydroxylation is 1. The molecule has 2 heteroatoms. The van der Waals surface area contributed by atoms with Gasteiger partial charge in [0.1, 0.15) is 0 Å². The summed E-state index contributed by atoms with van der Waals surface area (Å²) < 4.78 is 0. The Morgan fingerprint density at radius 1 is 1.05 bits per heavy atom. The van der Waals surface area contributed by atoms with E-state index < -0.39 is 0 Å². The van der Waals surface area contributed by atoms with Crippen molar-refractivity contribution >= 4 is 11.6 Å². The van der Waals surface area contributed by atoms with E-state index in [1.165, 1.54) is 24.0 Å². The van der Waals surface area contributed by atoms with Crippen LogP contribution >= 0.6 is 0 Å². The Kier molecular flexibility index (Phi) is 3.31. The Labute approximate surface area is 119 Å². The SMILES string of the molecule is Cc1cccc(NC(=O)c2ccc(C3CC3)cc2)c1C. The minimum absolute atomic E-state index is 0.0407. The molecule has 0 saturated heterocycles. The summed E-state index contributed by atoms with van der Waals surface area (Å²) >= 11 is 0. The molecule has 20 heavy (non-hydrogen) atoms. The van der Waals surface area contributed by atoms with Gasteiger partial charge >= 0.3 is 0 Å². The van der Waals surface area contributed by atoms with Crippen LogP contribution in [0, 0.1) is 13.8 Å². The molecule has 2 aromatic carbocycles. The lowest BCUT2D eigenvalue weighted by Crippen LogP contribution is -2.13. The molecule has 0 radical (unpaired) electrons. The predicted octanol–water partition coefficient (Wildman–Crippen LogP) is 4.43. The summed E-state index contributed by atoms with van der Waals surface area (Å²) in [4.78, 5) is 12.3. The van der Waals surface area contributed by atoms with Gasteiger partial charge in [0, 0.05) is 11.3 Å². The Morgan fingerprint density at radius 2 is 1.75 bits per heavy atom. The van der Waals surface area contributed by atoms with E-state index in [0.29, 0.717) is 0 Å². The largest absolute Gasteiger partial charge is 0.322 e. The van der Waals surface area contributed by atoms with Gasteiger partial charge in [-0.05, 0) is 67.5 Å². The number of rotatable bonds is 3. The number of carbonyl (C=O) groups excluding carboxylic acids is 1. The lowest BCUT2D eigenvalue weighted by Gasteiger charge is -2.10. The summed E-state index contributed by atoms with van der Waals surface area (Å²) in [6.45, 7) is 4.08. The maximum atomic E-state index is 12.3. The Balaban J connectivity index is 1.76. The van der Waals surface area contributed by atoms with Crippen LogP contribution in [-0.4, -0.2) is 5.91 Å². The van der Waals surface area contributed by atoms with Crippen molar-refractivity contribution in [1.29, 1.82) is 0 Å². The van der Waals surface area contributed by atoms with E-state index in [0.717, 1.165) is 22.7 Å². The van der Waals surface area contributed by atoms with Crippen molar-refractivity contribution in [3.63, 3.8) is 0 Å². The molecule has 2 nitrogen and oxygen atoms in total. The van der Waals surface area contributed by atoms with Crippen LogP contribution in [0.1, 0.15) is 45.8 Å². The molecule has 1 N–H and O–H groups in total. The minimum Gasteiger partial charge on any atom is -0.322 e. The maximum Gasteiger partial charge on any atom is 0.255 e. The quantitative estimate of drug-likeness (QED) is 0.873. The van der Waals surface area contributed by atoms with Crippen LogP contribution in [-0.2, 0) is 0 Å². The van der Waals surface area contributed by atoms with E-state index in [-0.39, 0.29) is 5.91 Å². The van der Waals surface area contributed by atoms with Crippen molar-refractivity contribution in [2.24, 2.45) is 0 Å². The van der Waals surface area contributed by atoms with Gasteiger partial charge in [-0.15, -0.1) is 0 Å². The average Bonchev–Trinajstić information content (AvgIpc) is 3.29. The van der Waals surface area contributed by atoms with Crippen molar-refractivity contribution < 1.29 is 4.79 Å². The van der Waals surface area contributed by atoms with E-state index in [1.807, 2.05) is 31.2 Å². The van der Waals surface area contributed by atoms with Gasteiger partial charge in [0.25, 0.3) is 5.91 Å². The molecule has 3 rings (SSSR count). The molecule has 0 bridgehead atoms. The normalized spacial score (nSPS) is 14.1. The summed E-state index contributed by atoms with van der Waals surface area (Å²) in [6, 6.07) is 14.0. The third kappa shape index (κ3) is 2.60. The number of amides is 1. The standard InChI is InChI=1S/C18H19NO/c1-12-4-3-5-17(13(12)2)19-18(20)16-10-8-15(9-11-16)14-6-7-14/h3-5,8-11,14H,6-7H2,1-2H3,(H,19,20). The zero-order chi connectivity index (χ0) is 14.1. The topological polar surface area (TPSA) is 29.1 Å². The smallest absolute Gasteiger partial charge is 0.255 e. The van der Waals surface area contributed by atoms with Crippen LogP contribution in [0.15, 0.2) is 42.5 Å². The summed E-state index contributed by atoms with van der Waals surface area (Å²) in [5.41, 5.74) is 5.27. The summed E-state index contributed by atoms with van der Waals surface area (Å²) in [7, 11) is 0. The Morgan fingerprint density at radius 3 is 2.40 bits per heavy atom. The van der Waals surface area contributed by atoms with Crippen molar-refractivity contribution in [2.75, 3.05) is 5.32 Å². The fourth-order valence-electron chi connectivity index (χ4n) is 2.40. The second-order valence-electron chi connectivity index (χ2n) is 5.60. The molecule has 0 aromatic heterocycles. The first-order valence-electron chi connectivity index (χ1n) is 7.12. The molecule has 1 saturated carbocycles. The van der Waals surface area contributed by atoms with Crippen molar-refractivity contribution in [1.82, 2.24) is 0 Å². The minimum atomic E-state index is -0.0407. The molecule has 0 atom stereocenters. The lowest BCUT2D eigenvalue weighted by molar-refractivity contribution is 0.102. The second-order valence-corrected chi connectivity index (χ2v) is 5.60. The van der Waals surface area contributed by atoms with Crippen molar-refractivity contribution in [3.8, 4) is 0 Å². The van der Waals surface area contributed by atoms with Crippen molar-refractivity contribution in [2.45, 2.75) is 32.6 Å². The third-order valence-corrected chi connectivity index (χ3v) is 4.07. The predicted molar refractivity (Wildman–Crippen MR) is 82.3 cm³/mol. The van der Waals surface area contributed by atoms with Gasteiger partial charge in [-0.3, -0.25) is 4.79 Å².